The topological polar surface area (TPSA) is 20.3 Å². The first kappa shape index (κ1) is 12.9. The molecule has 0 unspecified atom stereocenters. The van der Waals surface area contributed by atoms with Crippen LogP contribution in [0.4, 0.5) is 11.4 Å². The number of nitrogens with zero attached hydrogens (tertiary/aromatic N) is 1. The highest BCUT2D eigenvalue weighted by atomic mass is 35.5. The zero-order valence-corrected chi connectivity index (χ0v) is 11.0. The maximum atomic E-state index is 12.0. The Bertz CT molecular complexity index is 525. The normalized spacial score (nSPS) is 10.1. The maximum absolute atomic E-state index is 12.0. The zero-order valence-electron chi connectivity index (χ0n) is 9.51. The number of hydrogen-bond donors (Lipinski definition) is 0. The molecule has 2 nitrogen and oxygen atoms in total. The molecule has 4 heteroatoms. The molecule has 0 aliphatic carbocycles. The van der Waals surface area contributed by atoms with Crippen molar-refractivity contribution >= 4 is 40.5 Å². The van der Waals surface area contributed by atoms with Crippen LogP contribution in [0.2, 0.25) is 5.02 Å². The van der Waals surface area contributed by atoms with Gasteiger partial charge in [0, 0.05) is 16.4 Å². The number of hydrogen-bond acceptors (Lipinski definition) is 1. The number of halogens is 2. The van der Waals surface area contributed by atoms with Gasteiger partial charge in [0.15, 0.2) is 0 Å². The molecule has 0 aromatic heterocycles. The summed E-state index contributed by atoms with van der Waals surface area (Å²) in [5.41, 5.74) is 1.53. The second kappa shape index (κ2) is 5.89. The third-order valence-corrected chi connectivity index (χ3v) is 2.94. The average molecular weight is 280 g/mol. The summed E-state index contributed by atoms with van der Waals surface area (Å²) < 4.78 is 0. The van der Waals surface area contributed by atoms with Crippen molar-refractivity contribution in [1.82, 2.24) is 0 Å². The summed E-state index contributed by atoms with van der Waals surface area (Å²) >= 11 is 11.5. The van der Waals surface area contributed by atoms with Crippen molar-refractivity contribution in [3.05, 3.63) is 59.6 Å². The van der Waals surface area contributed by atoms with Crippen LogP contribution in [0, 0.1) is 0 Å². The molecule has 92 valence electrons. The molecule has 0 saturated carbocycles. The Hall–Kier alpha value is -1.51. The van der Waals surface area contributed by atoms with Crippen LogP contribution in [0.3, 0.4) is 0 Å². The number of carbonyl (C=O) groups excluding carboxylic acids is 1. The fourth-order valence-electron chi connectivity index (χ4n) is 1.66. The number of amides is 1. The van der Waals surface area contributed by atoms with Crippen LogP contribution < -0.4 is 4.90 Å². The van der Waals surface area contributed by atoms with Gasteiger partial charge >= 0.3 is 0 Å². The van der Waals surface area contributed by atoms with E-state index in [9.17, 15) is 4.79 Å². The van der Waals surface area contributed by atoms with Crippen LogP contribution in [0.15, 0.2) is 54.6 Å². The first-order valence-electron chi connectivity index (χ1n) is 5.42. The zero-order chi connectivity index (χ0) is 13.0. The SMILES string of the molecule is O=C(CCl)N(c1ccccc1)c1ccc(Cl)cc1. The molecule has 0 N–H and O–H groups in total. The van der Waals surface area contributed by atoms with Crippen molar-refractivity contribution in [2.75, 3.05) is 10.8 Å². The van der Waals surface area contributed by atoms with Crippen molar-refractivity contribution < 1.29 is 4.79 Å². The van der Waals surface area contributed by atoms with Crippen LogP contribution >= 0.6 is 23.2 Å². The van der Waals surface area contributed by atoms with E-state index in [0.717, 1.165) is 11.4 Å². The molecular weight excluding hydrogens is 269 g/mol. The van der Waals surface area contributed by atoms with E-state index < -0.39 is 0 Å². The molecule has 0 saturated heterocycles. The van der Waals surface area contributed by atoms with Crippen molar-refractivity contribution in [2.45, 2.75) is 0 Å². The second-order valence-electron chi connectivity index (χ2n) is 3.67. The molecule has 0 heterocycles. The standard InChI is InChI=1S/C14H11Cl2NO/c15-10-14(18)17(12-4-2-1-3-5-12)13-8-6-11(16)7-9-13/h1-9H,10H2. The number of anilines is 2. The van der Waals surface area contributed by atoms with Gasteiger partial charge in [-0.3, -0.25) is 9.69 Å². The van der Waals surface area contributed by atoms with Crippen LogP contribution in [0.1, 0.15) is 0 Å². The molecule has 18 heavy (non-hydrogen) atoms. The lowest BCUT2D eigenvalue weighted by Gasteiger charge is -2.22. The summed E-state index contributed by atoms with van der Waals surface area (Å²) in [5, 5.41) is 0.630. The molecule has 0 atom stereocenters. The van der Waals surface area contributed by atoms with E-state index in [1.807, 2.05) is 30.3 Å². The molecule has 0 spiro atoms. The smallest absolute Gasteiger partial charge is 0.246 e. The molecule has 0 fully saturated rings. The molecule has 0 aliphatic rings. The van der Waals surface area contributed by atoms with E-state index in [-0.39, 0.29) is 11.8 Å². The quantitative estimate of drug-likeness (QED) is 0.770. The highest BCUT2D eigenvalue weighted by Gasteiger charge is 2.16. The van der Waals surface area contributed by atoms with Gasteiger partial charge in [0.2, 0.25) is 5.91 Å². The second-order valence-corrected chi connectivity index (χ2v) is 4.38. The highest BCUT2D eigenvalue weighted by molar-refractivity contribution is 6.31. The first-order chi connectivity index (χ1) is 8.72. The molecule has 2 aromatic rings. The van der Waals surface area contributed by atoms with E-state index >= 15 is 0 Å². The Balaban J connectivity index is 2.43. The van der Waals surface area contributed by atoms with Gasteiger partial charge in [-0.15, -0.1) is 11.6 Å². The van der Waals surface area contributed by atoms with Gasteiger partial charge in [-0.25, -0.2) is 0 Å². The molecule has 2 aromatic carbocycles. The summed E-state index contributed by atoms with van der Waals surface area (Å²) in [6, 6.07) is 16.4. The van der Waals surface area contributed by atoms with Crippen molar-refractivity contribution in [1.29, 1.82) is 0 Å². The van der Waals surface area contributed by atoms with Gasteiger partial charge in [0.1, 0.15) is 5.88 Å². The first-order valence-corrected chi connectivity index (χ1v) is 6.33. The summed E-state index contributed by atoms with van der Waals surface area (Å²) in [4.78, 5) is 13.5. The van der Waals surface area contributed by atoms with E-state index in [4.69, 9.17) is 23.2 Å². The minimum absolute atomic E-state index is 0.0719. The van der Waals surface area contributed by atoms with Gasteiger partial charge in [-0.1, -0.05) is 29.8 Å². The number of rotatable bonds is 3. The minimum Gasteiger partial charge on any atom is -0.280 e. The fourth-order valence-corrected chi connectivity index (χ4v) is 1.91. The monoisotopic (exact) mass is 279 g/mol. The Morgan fingerprint density at radius 2 is 1.50 bits per heavy atom. The van der Waals surface area contributed by atoms with E-state index in [1.165, 1.54) is 0 Å². The van der Waals surface area contributed by atoms with Crippen LogP contribution in [-0.4, -0.2) is 11.8 Å². The summed E-state index contributed by atoms with van der Waals surface area (Å²) in [5.74, 6) is -0.248. The Labute approximate surface area is 116 Å². The lowest BCUT2D eigenvalue weighted by atomic mass is 10.2. The Morgan fingerprint density at radius 1 is 0.944 bits per heavy atom. The number of para-hydroxylation sites is 1. The average Bonchev–Trinajstić information content (AvgIpc) is 2.42. The molecule has 1 amide bonds. The molecule has 0 radical (unpaired) electrons. The predicted octanol–water partition coefficient (Wildman–Crippen LogP) is 4.24. The van der Waals surface area contributed by atoms with Gasteiger partial charge in [0.05, 0.1) is 0 Å². The van der Waals surface area contributed by atoms with Crippen LogP contribution in [0.5, 0.6) is 0 Å². The Kier molecular flexibility index (Phi) is 4.24. The van der Waals surface area contributed by atoms with Crippen molar-refractivity contribution in [3.63, 3.8) is 0 Å². The van der Waals surface area contributed by atoms with Crippen molar-refractivity contribution in [2.24, 2.45) is 0 Å². The molecular formula is C14H11Cl2NO. The Morgan fingerprint density at radius 3 is 2.06 bits per heavy atom. The van der Waals surface area contributed by atoms with Gasteiger partial charge in [-0.2, -0.15) is 0 Å². The lowest BCUT2D eigenvalue weighted by Crippen LogP contribution is -2.26. The fraction of sp³-hybridized carbons (Fsp3) is 0.0714. The van der Waals surface area contributed by atoms with Crippen molar-refractivity contribution in [3.8, 4) is 0 Å². The predicted molar refractivity (Wildman–Crippen MR) is 75.8 cm³/mol. The number of benzene rings is 2. The third kappa shape index (κ3) is 2.84. The number of alkyl halides is 1. The highest BCUT2D eigenvalue weighted by Crippen LogP contribution is 2.26. The van der Waals surface area contributed by atoms with E-state index in [2.05, 4.69) is 0 Å². The van der Waals surface area contributed by atoms with Gasteiger partial charge in [-0.05, 0) is 36.4 Å². The summed E-state index contributed by atoms with van der Waals surface area (Å²) in [7, 11) is 0. The number of carbonyl (C=O) groups is 1. The third-order valence-electron chi connectivity index (χ3n) is 2.46. The lowest BCUT2D eigenvalue weighted by molar-refractivity contribution is -0.115. The molecule has 0 bridgehead atoms. The maximum Gasteiger partial charge on any atom is 0.246 e. The largest absolute Gasteiger partial charge is 0.280 e. The molecule has 2 rings (SSSR count). The summed E-state index contributed by atoms with van der Waals surface area (Å²) in [6.07, 6.45) is 0. The van der Waals surface area contributed by atoms with Crippen LogP contribution in [0.25, 0.3) is 0 Å². The molecule has 0 aliphatic heterocycles. The minimum atomic E-state index is -0.176. The van der Waals surface area contributed by atoms with E-state index in [0.29, 0.717) is 5.02 Å². The summed E-state index contributed by atoms with van der Waals surface area (Å²) in [6.45, 7) is 0. The van der Waals surface area contributed by atoms with E-state index in [1.54, 1.807) is 29.2 Å². The van der Waals surface area contributed by atoms with Gasteiger partial charge < -0.3 is 0 Å². The van der Waals surface area contributed by atoms with Gasteiger partial charge in [0.25, 0.3) is 0 Å². The van der Waals surface area contributed by atoms with Crippen LogP contribution in [-0.2, 0) is 4.79 Å².